The molecule has 1 amide bonds. The van der Waals surface area contributed by atoms with Crippen LogP contribution in [0.3, 0.4) is 0 Å². The number of rotatable bonds is 3. The van der Waals surface area contributed by atoms with Gasteiger partial charge >= 0.3 is 0 Å². The van der Waals surface area contributed by atoms with E-state index in [0.29, 0.717) is 16.5 Å². The van der Waals surface area contributed by atoms with Crippen LogP contribution < -0.4 is 10.6 Å². The topological polar surface area (TPSA) is 41.1 Å². The highest BCUT2D eigenvalue weighted by atomic mass is 35.5. The Morgan fingerprint density at radius 1 is 1.12 bits per heavy atom. The van der Waals surface area contributed by atoms with Gasteiger partial charge in [-0.2, -0.15) is 0 Å². The van der Waals surface area contributed by atoms with Crippen LogP contribution in [0.15, 0.2) is 36.4 Å². The minimum atomic E-state index is -0.385. The number of amides is 1. The summed E-state index contributed by atoms with van der Waals surface area (Å²) >= 11 is 17.1. The molecule has 2 rings (SSSR count). The standard InChI is InChI=1S/C18H18Cl2N2OS/c1-10(2)14-7-5-13(8-11(14)3)21-18(24)22-17(23)15-6-4-12(19)9-16(15)20/h4-10H,1-3H3,(H2,21,22,23,24). The number of carbonyl (C=O) groups excluding carboxylic acids is 1. The molecule has 3 nitrogen and oxygen atoms in total. The minimum Gasteiger partial charge on any atom is -0.332 e. The number of nitrogens with one attached hydrogen (secondary N) is 2. The van der Waals surface area contributed by atoms with Crippen molar-refractivity contribution in [3.8, 4) is 0 Å². The molecule has 0 atom stereocenters. The van der Waals surface area contributed by atoms with Crippen LogP contribution in [0.5, 0.6) is 0 Å². The van der Waals surface area contributed by atoms with Crippen molar-refractivity contribution in [1.29, 1.82) is 0 Å². The summed E-state index contributed by atoms with van der Waals surface area (Å²) in [6.07, 6.45) is 0. The molecule has 24 heavy (non-hydrogen) atoms. The Kier molecular flexibility index (Phi) is 6.21. The van der Waals surface area contributed by atoms with Crippen molar-refractivity contribution >= 4 is 52.1 Å². The highest BCUT2D eigenvalue weighted by molar-refractivity contribution is 7.80. The first-order valence-electron chi connectivity index (χ1n) is 7.46. The molecule has 0 heterocycles. The molecule has 0 spiro atoms. The maximum absolute atomic E-state index is 12.2. The number of carbonyl (C=O) groups is 1. The van der Waals surface area contributed by atoms with Gasteiger partial charge in [0, 0.05) is 10.7 Å². The second kappa shape index (κ2) is 7.97. The van der Waals surface area contributed by atoms with Crippen LogP contribution in [-0.2, 0) is 0 Å². The third kappa shape index (κ3) is 4.69. The summed E-state index contributed by atoms with van der Waals surface area (Å²) in [5.41, 5.74) is 3.59. The van der Waals surface area contributed by atoms with Crippen LogP contribution in [0.1, 0.15) is 41.3 Å². The fraction of sp³-hybridized carbons (Fsp3) is 0.222. The summed E-state index contributed by atoms with van der Waals surface area (Å²) in [7, 11) is 0. The van der Waals surface area contributed by atoms with Gasteiger partial charge in [-0.1, -0.05) is 43.1 Å². The number of benzene rings is 2. The van der Waals surface area contributed by atoms with Crippen LogP contribution >= 0.6 is 35.4 Å². The SMILES string of the molecule is Cc1cc(NC(=S)NC(=O)c2ccc(Cl)cc2Cl)ccc1C(C)C. The monoisotopic (exact) mass is 380 g/mol. The minimum absolute atomic E-state index is 0.211. The molecule has 0 radical (unpaired) electrons. The zero-order chi connectivity index (χ0) is 17.9. The predicted octanol–water partition coefficient (Wildman–Crippen LogP) is 5.55. The van der Waals surface area contributed by atoms with Gasteiger partial charge in [0.25, 0.3) is 5.91 Å². The van der Waals surface area contributed by atoms with Gasteiger partial charge in [-0.3, -0.25) is 10.1 Å². The Morgan fingerprint density at radius 3 is 2.42 bits per heavy atom. The molecule has 0 fully saturated rings. The molecule has 0 saturated heterocycles. The van der Waals surface area contributed by atoms with Gasteiger partial charge < -0.3 is 5.32 Å². The lowest BCUT2D eigenvalue weighted by atomic mass is 9.98. The van der Waals surface area contributed by atoms with Crippen molar-refractivity contribution in [1.82, 2.24) is 5.32 Å². The van der Waals surface area contributed by atoms with Crippen LogP contribution in [0, 0.1) is 6.92 Å². The molecule has 2 aromatic rings. The number of halogens is 2. The summed E-state index contributed by atoms with van der Waals surface area (Å²) in [4.78, 5) is 12.2. The second-order valence-corrected chi connectivity index (χ2v) is 7.01. The molecule has 0 aliphatic carbocycles. The molecule has 0 aliphatic rings. The van der Waals surface area contributed by atoms with E-state index >= 15 is 0 Å². The van der Waals surface area contributed by atoms with E-state index in [9.17, 15) is 4.79 Å². The summed E-state index contributed by atoms with van der Waals surface area (Å²) in [6.45, 7) is 6.35. The van der Waals surface area contributed by atoms with Gasteiger partial charge in [-0.05, 0) is 66.5 Å². The Labute approximate surface area is 157 Å². The number of aryl methyl sites for hydroxylation is 1. The molecule has 0 unspecified atom stereocenters. The van der Waals surface area contributed by atoms with Crippen LogP contribution in [0.25, 0.3) is 0 Å². The zero-order valence-electron chi connectivity index (χ0n) is 13.6. The summed E-state index contributed by atoms with van der Waals surface area (Å²) in [5.74, 6) is 0.0717. The molecule has 0 saturated carbocycles. The smallest absolute Gasteiger partial charge is 0.258 e. The van der Waals surface area contributed by atoms with E-state index in [0.717, 1.165) is 5.69 Å². The normalized spacial score (nSPS) is 10.6. The van der Waals surface area contributed by atoms with Gasteiger partial charge in [0.05, 0.1) is 10.6 Å². The summed E-state index contributed by atoms with van der Waals surface area (Å²) < 4.78 is 0. The first-order chi connectivity index (χ1) is 11.3. The fourth-order valence-electron chi connectivity index (χ4n) is 2.41. The molecule has 6 heteroatoms. The van der Waals surface area contributed by atoms with E-state index in [1.165, 1.54) is 17.2 Å². The highest BCUT2D eigenvalue weighted by Gasteiger charge is 2.12. The molecule has 0 aliphatic heterocycles. The van der Waals surface area contributed by atoms with Gasteiger partial charge in [-0.25, -0.2) is 0 Å². The highest BCUT2D eigenvalue weighted by Crippen LogP contribution is 2.23. The van der Waals surface area contributed by atoms with Crippen molar-refractivity contribution in [2.24, 2.45) is 0 Å². The van der Waals surface area contributed by atoms with Crippen molar-refractivity contribution in [2.75, 3.05) is 5.32 Å². The molecular formula is C18H18Cl2N2OS. The van der Waals surface area contributed by atoms with E-state index in [-0.39, 0.29) is 16.0 Å². The van der Waals surface area contributed by atoms with E-state index in [4.69, 9.17) is 35.4 Å². The van der Waals surface area contributed by atoms with Crippen LogP contribution in [0.2, 0.25) is 10.0 Å². The second-order valence-electron chi connectivity index (χ2n) is 5.76. The van der Waals surface area contributed by atoms with E-state index < -0.39 is 0 Å². The number of thiocarbonyl (C=S) groups is 1. The van der Waals surface area contributed by atoms with Gasteiger partial charge in [-0.15, -0.1) is 0 Å². The predicted molar refractivity (Wildman–Crippen MR) is 105 cm³/mol. The molecular weight excluding hydrogens is 363 g/mol. The summed E-state index contributed by atoms with van der Waals surface area (Å²) in [6, 6.07) is 10.7. The first kappa shape index (κ1) is 18.7. The lowest BCUT2D eigenvalue weighted by molar-refractivity contribution is 0.0978. The molecule has 2 N–H and O–H groups in total. The fourth-order valence-corrected chi connectivity index (χ4v) is 3.11. The molecule has 126 valence electrons. The van der Waals surface area contributed by atoms with E-state index in [1.54, 1.807) is 12.1 Å². The lowest BCUT2D eigenvalue weighted by Crippen LogP contribution is -2.34. The number of anilines is 1. The molecule has 0 bridgehead atoms. The Hall–Kier alpha value is -1.62. The van der Waals surface area contributed by atoms with E-state index in [2.05, 4.69) is 37.5 Å². The molecule has 2 aromatic carbocycles. The Morgan fingerprint density at radius 2 is 1.83 bits per heavy atom. The lowest BCUT2D eigenvalue weighted by Gasteiger charge is -2.14. The van der Waals surface area contributed by atoms with Crippen molar-refractivity contribution in [3.63, 3.8) is 0 Å². The van der Waals surface area contributed by atoms with Crippen molar-refractivity contribution in [3.05, 3.63) is 63.1 Å². The maximum Gasteiger partial charge on any atom is 0.258 e. The number of hydrogen-bond donors (Lipinski definition) is 2. The van der Waals surface area contributed by atoms with E-state index in [1.807, 2.05) is 12.1 Å². The maximum atomic E-state index is 12.2. The third-order valence-electron chi connectivity index (χ3n) is 3.55. The summed E-state index contributed by atoms with van der Waals surface area (Å²) in [5, 5.41) is 6.59. The Bertz CT molecular complexity index is 791. The molecule has 0 aromatic heterocycles. The Balaban J connectivity index is 2.05. The van der Waals surface area contributed by atoms with Gasteiger partial charge in [0.2, 0.25) is 0 Å². The van der Waals surface area contributed by atoms with Crippen LogP contribution in [0.4, 0.5) is 5.69 Å². The zero-order valence-corrected chi connectivity index (χ0v) is 15.9. The van der Waals surface area contributed by atoms with Crippen molar-refractivity contribution in [2.45, 2.75) is 26.7 Å². The van der Waals surface area contributed by atoms with Gasteiger partial charge in [0.15, 0.2) is 5.11 Å². The number of hydrogen-bond acceptors (Lipinski definition) is 2. The average molecular weight is 381 g/mol. The largest absolute Gasteiger partial charge is 0.332 e. The first-order valence-corrected chi connectivity index (χ1v) is 8.62. The quantitative estimate of drug-likeness (QED) is 0.685. The van der Waals surface area contributed by atoms with Crippen molar-refractivity contribution < 1.29 is 4.79 Å². The van der Waals surface area contributed by atoms with Gasteiger partial charge in [0.1, 0.15) is 0 Å². The third-order valence-corrected chi connectivity index (χ3v) is 4.30. The van der Waals surface area contributed by atoms with Crippen LogP contribution in [-0.4, -0.2) is 11.0 Å². The average Bonchev–Trinajstić information content (AvgIpc) is 2.46.